The zero-order chi connectivity index (χ0) is 16.8. The average Bonchev–Trinajstić information content (AvgIpc) is 2.56. The summed E-state index contributed by atoms with van der Waals surface area (Å²) < 4.78 is 18.3. The van der Waals surface area contributed by atoms with Crippen LogP contribution in [0.5, 0.6) is 0 Å². The Bertz CT molecular complexity index is 499. The van der Waals surface area contributed by atoms with Crippen molar-refractivity contribution in [2.75, 3.05) is 26.7 Å². The van der Waals surface area contributed by atoms with Crippen molar-refractivity contribution in [2.24, 2.45) is 5.92 Å². The molecule has 1 aromatic rings. The smallest absolute Gasteiger partial charge is 0.317 e. The summed E-state index contributed by atoms with van der Waals surface area (Å²) in [5, 5.41) is 12.5. The first-order chi connectivity index (χ1) is 11.0. The SMILES string of the molecule is COC(CNC(=O)N1CCC(C(C)O)CC1)c1ccc(F)cc1. The average molecular weight is 324 g/mol. The molecule has 1 saturated heterocycles. The number of rotatable bonds is 5. The molecule has 0 aromatic heterocycles. The molecule has 1 aliphatic rings. The number of carbonyl (C=O) groups excluding carboxylic acids is 1. The second-order valence-corrected chi connectivity index (χ2v) is 6.03. The van der Waals surface area contributed by atoms with E-state index >= 15 is 0 Å². The van der Waals surface area contributed by atoms with Crippen LogP contribution in [0, 0.1) is 11.7 Å². The number of aliphatic hydroxyl groups is 1. The topological polar surface area (TPSA) is 61.8 Å². The van der Waals surface area contributed by atoms with Crippen LogP contribution in [0.2, 0.25) is 0 Å². The maximum absolute atomic E-state index is 13.0. The van der Waals surface area contributed by atoms with E-state index in [2.05, 4.69) is 5.32 Å². The highest BCUT2D eigenvalue weighted by atomic mass is 19.1. The van der Waals surface area contributed by atoms with E-state index in [1.54, 1.807) is 31.1 Å². The molecule has 128 valence electrons. The van der Waals surface area contributed by atoms with Gasteiger partial charge in [0.2, 0.25) is 0 Å². The Morgan fingerprint density at radius 2 is 2.00 bits per heavy atom. The van der Waals surface area contributed by atoms with Gasteiger partial charge in [-0.3, -0.25) is 0 Å². The van der Waals surface area contributed by atoms with Gasteiger partial charge in [-0.2, -0.15) is 0 Å². The number of hydrogen-bond donors (Lipinski definition) is 2. The molecule has 1 aliphatic heterocycles. The van der Waals surface area contributed by atoms with Gasteiger partial charge in [0, 0.05) is 26.7 Å². The largest absolute Gasteiger partial charge is 0.393 e. The molecular formula is C17H25FN2O3. The molecule has 0 spiro atoms. The van der Waals surface area contributed by atoms with Crippen LogP contribution in [-0.2, 0) is 4.74 Å². The van der Waals surface area contributed by atoms with Gasteiger partial charge in [0.1, 0.15) is 5.82 Å². The number of carbonyl (C=O) groups is 1. The summed E-state index contributed by atoms with van der Waals surface area (Å²) in [6.07, 6.45) is 0.999. The number of nitrogens with zero attached hydrogens (tertiary/aromatic N) is 1. The molecule has 1 fully saturated rings. The fraction of sp³-hybridized carbons (Fsp3) is 0.588. The van der Waals surface area contributed by atoms with Crippen LogP contribution < -0.4 is 5.32 Å². The van der Waals surface area contributed by atoms with Crippen LogP contribution in [-0.4, -0.2) is 48.9 Å². The van der Waals surface area contributed by atoms with E-state index in [1.807, 2.05) is 0 Å². The summed E-state index contributed by atoms with van der Waals surface area (Å²) in [6.45, 7) is 3.43. The van der Waals surface area contributed by atoms with Crippen LogP contribution in [0.4, 0.5) is 9.18 Å². The van der Waals surface area contributed by atoms with Crippen LogP contribution in [0.15, 0.2) is 24.3 Å². The lowest BCUT2D eigenvalue weighted by Crippen LogP contribution is -2.46. The first-order valence-electron chi connectivity index (χ1n) is 8.00. The second kappa shape index (κ2) is 8.26. The molecule has 2 unspecified atom stereocenters. The number of methoxy groups -OCH3 is 1. The predicted molar refractivity (Wildman–Crippen MR) is 85.5 cm³/mol. The summed E-state index contributed by atoms with van der Waals surface area (Å²) >= 11 is 0. The maximum Gasteiger partial charge on any atom is 0.317 e. The number of hydrogen-bond acceptors (Lipinski definition) is 3. The normalized spacial score (nSPS) is 18.5. The molecule has 2 N–H and O–H groups in total. The molecule has 1 aromatic carbocycles. The van der Waals surface area contributed by atoms with Crippen molar-refractivity contribution >= 4 is 6.03 Å². The quantitative estimate of drug-likeness (QED) is 0.874. The molecule has 2 rings (SSSR count). The zero-order valence-electron chi connectivity index (χ0n) is 13.7. The summed E-state index contributed by atoms with van der Waals surface area (Å²) in [4.78, 5) is 14.0. The Kier molecular flexibility index (Phi) is 6.36. The molecule has 2 amide bonds. The van der Waals surface area contributed by atoms with Crippen LogP contribution >= 0.6 is 0 Å². The standard InChI is InChI=1S/C17H25FN2O3/c1-12(21)13-7-9-20(10-8-13)17(22)19-11-16(23-2)14-3-5-15(18)6-4-14/h3-6,12-13,16,21H,7-11H2,1-2H3,(H,19,22). The monoisotopic (exact) mass is 324 g/mol. The Balaban J connectivity index is 1.82. The molecule has 1 heterocycles. The van der Waals surface area contributed by atoms with Gasteiger partial charge in [-0.1, -0.05) is 12.1 Å². The van der Waals surface area contributed by atoms with Gasteiger partial charge in [0.15, 0.2) is 0 Å². The van der Waals surface area contributed by atoms with Crippen molar-refractivity contribution < 1.29 is 19.0 Å². The third kappa shape index (κ3) is 4.91. The number of ether oxygens (including phenoxy) is 1. The Hall–Kier alpha value is -1.66. The summed E-state index contributed by atoms with van der Waals surface area (Å²) in [7, 11) is 1.56. The molecule has 6 heteroatoms. The van der Waals surface area contributed by atoms with Gasteiger partial charge in [-0.05, 0) is 43.4 Å². The second-order valence-electron chi connectivity index (χ2n) is 6.03. The summed E-state index contributed by atoms with van der Waals surface area (Å²) in [5.41, 5.74) is 0.821. The van der Waals surface area contributed by atoms with Gasteiger partial charge in [0.25, 0.3) is 0 Å². The van der Waals surface area contributed by atoms with Crippen molar-refractivity contribution in [3.05, 3.63) is 35.6 Å². The van der Waals surface area contributed by atoms with Gasteiger partial charge < -0.3 is 20.1 Å². The van der Waals surface area contributed by atoms with Crippen LogP contribution in [0.25, 0.3) is 0 Å². The van der Waals surface area contributed by atoms with Gasteiger partial charge >= 0.3 is 6.03 Å². The zero-order valence-corrected chi connectivity index (χ0v) is 13.7. The minimum absolute atomic E-state index is 0.127. The van der Waals surface area contributed by atoms with E-state index in [1.165, 1.54) is 12.1 Å². The van der Waals surface area contributed by atoms with E-state index in [-0.39, 0.29) is 30.0 Å². The minimum Gasteiger partial charge on any atom is -0.393 e. The van der Waals surface area contributed by atoms with Crippen LogP contribution in [0.1, 0.15) is 31.4 Å². The number of likely N-dealkylation sites (tertiary alicyclic amines) is 1. The number of piperidine rings is 1. The highest BCUT2D eigenvalue weighted by Crippen LogP contribution is 2.21. The van der Waals surface area contributed by atoms with Crippen molar-refractivity contribution in [2.45, 2.75) is 32.0 Å². The molecule has 2 atom stereocenters. The number of amides is 2. The Morgan fingerprint density at radius 3 is 2.52 bits per heavy atom. The van der Waals surface area contributed by atoms with E-state index in [0.29, 0.717) is 19.6 Å². The van der Waals surface area contributed by atoms with E-state index in [9.17, 15) is 14.3 Å². The van der Waals surface area contributed by atoms with E-state index in [0.717, 1.165) is 18.4 Å². The molecule has 0 bridgehead atoms. The number of nitrogens with one attached hydrogen (secondary N) is 1. The number of halogens is 1. The number of urea groups is 1. The van der Waals surface area contributed by atoms with Crippen molar-refractivity contribution in [1.82, 2.24) is 10.2 Å². The lowest BCUT2D eigenvalue weighted by Gasteiger charge is -2.33. The van der Waals surface area contributed by atoms with E-state index < -0.39 is 0 Å². The molecular weight excluding hydrogens is 299 g/mol. The highest BCUT2D eigenvalue weighted by Gasteiger charge is 2.25. The maximum atomic E-state index is 13.0. The summed E-state index contributed by atoms with van der Waals surface area (Å²) in [5.74, 6) is -0.0291. The Labute approximate surface area is 136 Å². The lowest BCUT2D eigenvalue weighted by molar-refractivity contribution is 0.0763. The summed E-state index contributed by atoms with van der Waals surface area (Å²) in [6, 6.07) is 5.94. The molecule has 5 nitrogen and oxygen atoms in total. The van der Waals surface area contributed by atoms with Crippen molar-refractivity contribution in [1.29, 1.82) is 0 Å². The fourth-order valence-corrected chi connectivity index (χ4v) is 2.89. The first-order valence-corrected chi connectivity index (χ1v) is 8.00. The number of benzene rings is 1. The van der Waals surface area contributed by atoms with E-state index in [4.69, 9.17) is 4.74 Å². The molecule has 0 aliphatic carbocycles. The molecule has 0 radical (unpaired) electrons. The molecule has 23 heavy (non-hydrogen) atoms. The predicted octanol–water partition coefficient (Wildman–Crippen LogP) is 2.32. The highest BCUT2D eigenvalue weighted by molar-refractivity contribution is 5.74. The third-order valence-electron chi connectivity index (χ3n) is 4.47. The minimum atomic E-state index is -0.323. The van der Waals surface area contributed by atoms with Gasteiger partial charge in [0.05, 0.1) is 12.2 Å². The van der Waals surface area contributed by atoms with Crippen LogP contribution in [0.3, 0.4) is 0 Å². The van der Waals surface area contributed by atoms with Crippen molar-refractivity contribution in [3.63, 3.8) is 0 Å². The van der Waals surface area contributed by atoms with Gasteiger partial charge in [-0.25, -0.2) is 9.18 Å². The Morgan fingerprint density at radius 1 is 1.39 bits per heavy atom. The molecule has 0 saturated carbocycles. The fourth-order valence-electron chi connectivity index (χ4n) is 2.89. The number of aliphatic hydroxyl groups excluding tert-OH is 1. The van der Waals surface area contributed by atoms with Crippen molar-refractivity contribution in [3.8, 4) is 0 Å². The van der Waals surface area contributed by atoms with Gasteiger partial charge in [-0.15, -0.1) is 0 Å². The first kappa shape index (κ1) is 17.7. The third-order valence-corrected chi connectivity index (χ3v) is 4.47. The lowest BCUT2D eigenvalue weighted by atomic mass is 9.92.